The van der Waals surface area contributed by atoms with E-state index < -0.39 is 0 Å². The number of aromatic nitrogens is 2. The summed E-state index contributed by atoms with van der Waals surface area (Å²) < 4.78 is 1.49. The van der Waals surface area contributed by atoms with Crippen LogP contribution in [0.1, 0.15) is 11.1 Å². The van der Waals surface area contributed by atoms with Crippen LogP contribution in [0.3, 0.4) is 0 Å². The highest BCUT2D eigenvalue weighted by atomic mass is 35.5. The van der Waals surface area contributed by atoms with Crippen LogP contribution in [0.4, 0.5) is 0 Å². The van der Waals surface area contributed by atoms with E-state index in [1.54, 1.807) is 48.7 Å². The van der Waals surface area contributed by atoms with Gasteiger partial charge in [-0.3, -0.25) is 14.2 Å². The largest absolute Gasteiger partial charge is 0.272 e. The summed E-state index contributed by atoms with van der Waals surface area (Å²) in [7, 11) is 0. The molecule has 0 saturated carbocycles. The van der Waals surface area contributed by atoms with Crippen molar-refractivity contribution in [2.75, 3.05) is 5.75 Å². The molecule has 32 heavy (non-hydrogen) atoms. The van der Waals surface area contributed by atoms with Gasteiger partial charge in [-0.25, -0.2) is 10.4 Å². The Balaban J connectivity index is 1.57. The van der Waals surface area contributed by atoms with Crippen LogP contribution in [0.2, 0.25) is 5.02 Å². The Morgan fingerprint density at radius 2 is 1.81 bits per heavy atom. The predicted molar refractivity (Wildman–Crippen MR) is 130 cm³/mol. The Morgan fingerprint density at radius 1 is 1.09 bits per heavy atom. The van der Waals surface area contributed by atoms with Crippen molar-refractivity contribution in [3.05, 3.63) is 99.3 Å². The third kappa shape index (κ3) is 4.90. The Hall–Kier alpha value is -3.42. The number of hydrogen-bond donors (Lipinski definition) is 1. The second-order valence-corrected chi connectivity index (χ2v) is 8.35. The number of rotatable bonds is 6. The third-order valence-corrected chi connectivity index (χ3v) is 5.93. The van der Waals surface area contributed by atoms with Crippen molar-refractivity contribution in [3.8, 4) is 5.69 Å². The average Bonchev–Trinajstić information content (AvgIpc) is 2.80. The molecule has 0 aliphatic rings. The molecule has 3 aromatic carbocycles. The summed E-state index contributed by atoms with van der Waals surface area (Å²) >= 11 is 7.17. The van der Waals surface area contributed by atoms with Crippen LogP contribution < -0.4 is 11.0 Å². The minimum atomic E-state index is -0.301. The first-order valence-corrected chi connectivity index (χ1v) is 11.2. The number of para-hydroxylation sites is 1. The molecule has 0 radical (unpaired) electrons. The van der Waals surface area contributed by atoms with Crippen LogP contribution in [0, 0.1) is 6.92 Å². The van der Waals surface area contributed by atoms with Crippen molar-refractivity contribution < 1.29 is 4.79 Å². The zero-order valence-electron chi connectivity index (χ0n) is 17.2. The van der Waals surface area contributed by atoms with E-state index in [1.165, 1.54) is 16.3 Å². The highest BCUT2D eigenvalue weighted by molar-refractivity contribution is 7.99. The molecule has 0 aliphatic carbocycles. The standard InChI is InChI=1S/C24H19ClN4O2S/c1-16-6-2-3-7-17(16)14-26-28-22(30)15-32-24-27-21-9-5-4-8-20(21)23(31)29(24)19-12-10-18(25)11-13-19/h2-14H,15H2,1H3,(H,28,30). The molecule has 0 atom stereocenters. The summed E-state index contributed by atoms with van der Waals surface area (Å²) in [6.07, 6.45) is 1.61. The Kier molecular flexibility index (Phi) is 6.68. The number of thioether (sulfide) groups is 1. The van der Waals surface area contributed by atoms with Gasteiger partial charge in [-0.05, 0) is 54.4 Å². The molecule has 0 saturated heterocycles. The van der Waals surface area contributed by atoms with Gasteiger partial charge in [-0.15, -0.1) is 0 Å². The molecule has 1 heterocycles. The van der Waals surface area contributed by atoms with Crippen molar-refractivity contribution >= 4 is 46.4 Å². The molecular weight excluding hydrogens is 444 g/mol. The number of nitrogens with one attached hydrogen (secondary N) is 1. The molecule has 1 N–H and O–H groups in total. The summed E-state index contributed by atoms with van der Waals surface area (Å²) in [5.41, 5.74) is 5.50. The van der Waals surface area contributed by atoms with Crippen molar-refractivity contribution in [3.63, 3.8) is 0 Å². The lowest BCUT2D eigenvalue weighted by atomic mass is 10.1. The second-order valence-electron chi connectivity index (χ2n) is 6.97. The van der Waals surface area contributed by atoms with E-state index in [0.29, 0.717) is 26.8 Å². The molecule has 160 valence electrons. The highest BCUT2D eigenvalue weighted by Gasteiger charge is 2.14. The van der Waals surface area contributed by atoms with Gasteiger partial charge in [0.15, 0.2) is 5.16 Å². The number of carbonyl (C=O) groups is 1. The minimum absolute atomic E-state index is 0.0451. The highest BCUT2D eigenvalue weighted by Crippen LogP contribution is 2.22. The van der Waals surface area contributed by atoms with Crippen molar-refractivity contribution in [1.29, 1.82) is 0 Å². The molecule has 0 aliphatic heterocycles. The summed E-state index contributed by atoms with van der Waals surface area (Å²) in [6, 6.07) is 21.8. The lowest BCUT2D eigenvalue weighted by molar-refractivity contribution is -0.118. The number of nitrogens with zero attached hydrogens (tertiary/aromatic N) is 3. The van der Waals surface area contributed by atoms with E-state index in [-0.39, 0.29) is 17.2 Å². The lowest BCUT2D eigenvalue weighted by Gasteiger charge is -2.13. The molecule has 8 heteroatoms. The Morgan fingerprint density at radius 3 is 2.59 bits per heavy atom. The van der Waals surface area contributed by atoms with Crippen LogP contribution in [0.15, 0.2) is 87.8 Å². The lowest BCUT2D eigenvalue weighted by Crippen LogP contribution is -2.24. The summed E-state index contributed by atoms with van der Waals surface area (Å²) in [4.78, 5) is 30.2. The van der Waals surface area contributed by atoms with Crippen LogP contribution in [0.5, 0.6) is 0 Å². The molecule has 0 unspecified atom stereocenters. The summed E-state index contributed by atoms with van der Waals surface area (Å²) in [6.45, 7) is 1.97. The van der Waals surface area contributed by atoms with Crippen LogP contribution in [-0.2, 0) is 4.79 Å². The van der Waals surface area contributed by atoms with Crippen LogP contribution in [0.25, 0.3) is 16.6 Å². The van der Waals surface area contributed by atoms with Crippen molar-refractivity contribution in [2.45, 2.75) is 12.1 Å². The van der Waals surface area contributed by atoms with Crippen molar-refractivity contribution in [2.24, 2.45) is 5.10 Å². The number of carbonyl (C=O) groups excluding carboxylic acids is 1. The van der Waals surface area contributed by atoms with Gasteiger partial charge in [0.25, 0.3) is 11.5 Å². The maximum Gasteiger partial charge on any atom is 0.266 e. The van der Waals surface area contributed by atoms with E-state index in [4.69, 9.17) is 11.6 Å². The zero-order chi connectivity index (χ0) is 22.5. The Bertz CT molecular complexity index is 1370. The number of amides is 1. The molecule has 6 nitrogen and oxygen atoms in total. The van der Waals surface area contributed by atoms with Gasteiger partial charge in [-0.1, -0.05) is 59.8 Å². The fourth-order valence-electron chi connectivity index (χ4n) is 3.09. The molecular formula is C24H19ClN4O2S. The monoisotopic (exact) mass is 462 g/mol. The quantitative estimate of drug-likeness (QED) is 0.197. The fraction of sp³-hybridized carbons (Fsp3) is 0.0833. The first-order valence-electron chi connectivity index (χ1n) is 9.81. The fourth-order valence-corrected chi connectivity index (χ4v) is 4.03. The van der Waals surface area contributed by atoms with Gasteiger partial charge >= 0.3 is 0 Å². The van der Waals surface area contributed by atoms with E-state index in [9.17, 15) is 9.59 Å². The molecule has 0 bridgehead atoms. The zero-order valence-corrected chi connectivity index (χ0v) is 18.7. The topological polar surface area (TPSA) is 76.3 Å². The molecule has 4 rings (SSSR count). The number of aryl methyl sites for hydroxylation is 1. The first-order chi connectivity index (χ1) is 15.5. The second kappa shape index (κ2) is 9.80. The maximum atomic E-state index is 13.2. The first kappa shape index (κ1) is 21.8. The Labute approximate surface area is 194 Å². The average molecular weight is 463 g/mol. The van der Waals surface area contributed by atoms with Crippen LogP contribution in [-0.4, -0.2) is 27.4 Å². The molecule has 0 fully saturated rings. The van der Waals surface area contributed by atoms with Crippen molar-refractivity contribution in [1.82, 2.24) is 15.0 Å². The summed E-state index contributed by atoms with van der Waals surface area (Å²) in [5, 5.41) is 5.51. The number of hydrogen-bond acceptors (Lipinski definition) is 5. The van der Waals surface area contributed by atoms with Gasteiger partial charge in [0.05, 0.1) is 28.6 Å². The van der Waals surface area contributed by atoms with Crippen LogP contribution >= 0.6 is 23.4 Å². The number of fused-ring (bicyclic) bond motifs is 1. The molecule has 1 aromatic heterocycles. The third-order valence-electron chi connectivity index (χ3n) is 4.74. The number of benzene rings is 3. The van der Waals surface area contributed by atoms with Gasteiger partial charge in [-0.2, -0.15) is 5.10 Å². The van der Waals surface area contributed by atoms with E-state index in [1.807, 2.05) is 37.3 Å². The number of halogens is 1. The molecule has 1 amide bonds. The maximum absolute atomic E-state index is 13.2. The van der Waals surface area contributed by atoms with Gasteiger partial charge < -0.3 is 0 Å². The summed E-state index contributed by atoms with van der Waals surface area (Å²) in [5.74, 6) is -0.256. The van der Waals surface area contributed by atoms with Gasteiger partial charge in [0, 0.05) is 5.02 Å². The smallest absolute Gasteiger partial charge is 0.266 e. The van der Waals surface area contributed by atoms with E-state index >= 15 is 0 Å². The number of hydrazone groups is 1. The van der Waals surface area contributed by atoms with E-state index in [0.717, 1.165) is 11.1 Å². The van der Waals surface area contributed by atoms with E-state index in [2.05, 4.69) is 15.5 Å². The normalized spacial score (nSPS) is 11.2. The van der Waals surface area contributed by atoms with Gasteiger partial charge in [0.1, 0.15) is 0 Å². The predicted octanol–water partition coefficient (Wildman–Crippen LogP) is 4.59. The SMILES string of the molecule is Cc1ccccc1C=NNC(=O)CSc1nc2ccccc2c(=O)n1-c1ccc(Cl)cc1. The van der Waals surface area contributed by atoms with Gasteiger partial charge in [0.2, 0.25) is 0 Å². The minimum Gasteiger partial charge on any atom is -0.272 e. The molecule has 0 spiro atoms. The molecule has 4 aromatic rings.